The van der Waals surface area contributed by atoms with Crippen LogP contribution in [-0.4, -0.2) is 26.3 Å². The van der Waals surface area contributed by atoms with Gasteiger partial charge in [0.1, 0.15) is 0 Å². The molecule has 1 N–H and O–H groups in total. The average molecular weight is 233 g/mol. The summed E-state index contributed by atoms with van der Waals surface area (Å²) in [4.78, 5) is 0. The highest BCUT2D eigenvalue weighted by atomic mass is 16.5. The Kier molecular flexibility index (Phi) is 3.85. The SMILES string of the molecule is Cc1ccc(C)c(CC2(C)CNCCOC2)c1. The normalized spacial score (nSPS) is 25.6. The van der Waals surface area contributed by atoms with Crippen molar-refractivity contribution < 1.29 is 4.74 Å². The standard InChI is InChI=1S/C15H23NO/c1-12-4-5-13(2)14(8-12)9-15(3)10-16-6-7-17-11-15/h4-5,8,16H,6-7,9-11H2,1-3H3. The van der Waals surface area contributed by atoms with E-state index >= 15 is 0 Å². The summed E-state index contributed by atoms with van der Waals surface area (Å²) in [6.07, 6.45) is 1.09. The molecule has 1 aromatic carbocycles. The third kappa shape index (κ3) is 3.30. The molecular weight excluding hydrogens is 210 g/mol. The van der Waals surface area contributed by atoms with Crippen LogP contribution in [0, 0.1) is 19.3 Å². The molecule has 1 aromatic rings. The Morgan fingerprint density at radius 1 is 1.35 bits per heavy atom. The zero-order valence-electron chi connectivity index (χ0n) is 11.2. The van der Waals surface area contributed by atoms with Crippen molar-refractivity contribution in [2.45, 2.75) is 27.2 Å². The summed E-state index contributed by atoms with van der Waals surface area (Å²) in [5.41, 5.74) is 4.41. The van der Waals surface area contributed by atoms with E-state index in [-0.39, 0.29) is 5.41 Å². The molecular formula is C15H23NO. The molecule has 17 heavy (non-hydrogen) atoms. The first-order valence-electron chi connectivity index (χ1n) is 6.44. The molecule has 2 rings (SSSR count). The predicted octanol–water partition coefficient (Wildman–Crippen LogP) is 2.47. The summed E-state index contributed by atoms with van der Waals surface area (Å²) in [5.74, 6) is 0. The van der Waals surface area contributed by atoms with E-state index in [1.54, 1.807) is 0 Å². The zero-order valence-corrected chi connectivity index (χ0v) is 11.2. The van der Waals surface area contributed by atoms with Crippen molar-refractivity contribution in [1.82, 2.24) is 5.32 Å². The van der Waals surface area contributed by atoms with E-state index in [2.05, 4.69) is 44.3 Å². The van der Waals surface area contributed by atoms with Crippen LogP contribution in [0.2, 0.25) is 0 Å². The summed E-state index contributed by atoms with van der Waals surface area (Å²) < 4.78 is 5.69. The predicted molar refractivity (Wildman–Crippen MR) is 71.4 cm³/mol. The monoisotopic (exact) mass is 233 g/mol. The number of nitrogens with one attached hydrogen (secondary N) is 1. The largest absolute Gasteiger partial charge is 0.380 e. The van der Waals surface area contributed by atoms with Crippen LogP contribution in [0.3, 0.4) is 0 Å². The van der Waals surface area contributed by atoms with Gasteiger partial charge in [0.25, 0.3) is 0 Å². The second-order valence-corrected chi connectivity index (χ2v) is 5.65. The fourth-order valence-corrected chi connectivity index (χ4v) is 2.47. The maximum absolute atomic E-state index is 5.69. The molecule has 1 atom stereocenters. The van der Waals surface area contributed by atoms with Gasteiger partial charge in [0.05, 0.1) is 13.2 Å². The van der Waals surface area contributed by atoms with Gasteiger partial charge < -0.3 is 10.1 Å². The Morgan fingerprint density at radius 2 is 2.18 bits per heavy atom. The minimum absolute atomic E-state index is 0.217. The Labute approximate surface area is 104 Å². The van der Waals surface area contributed by atoms with Crippen LogP contribution in [0.4, 0.5) is 0 Å². The van der Waals surface area contributed by atoms with Gasteiger partial charge in [0.2, 0.25) is 0 Å². The molecule has 1 heterocycles. The van der Waals surface area contributed by atoms with Crippen molar-refractivity contribution in [3.63, 3.8) is 0 Å². The van der Waals surface area contributed by atoms with Gasteiger partial charge >= 0.3 is 0 Å². The van der Waals surface area contributed by atoms with Crippen molar-refractivity contribution >= 4 is 0 Å². The number of hydrogen-bond donors (Lipinski definition) is 1. The molecule has 2 heteroatoms. The van der Waals surface area contributed by atoms with Crippen LogP contribution in [-0.2, 0) is 11.2 Å². The van der Waals surface area contributed by atoms with Gasteiger partial charge in [-0.2, -0.15) is 0 Å². The molecule has 0 amide bonds. The maximum atomic E-state index is 5.69. The van der Waals surface area contributed by atoms with Gasteiger partial charge in [-0.1, -0.05) is 30.7 Å². The maximum Gasteiger partial charge on any atom is 0.0591 e. The molecule has 0 spiro atoms. The number of benzene rings is 1. The van der Waals surface area contributed by atoms with Crippen LogP contribution in [0.5, 0.6) is 0 Å². The van der Waals surface area contributed by atoms with E-state index in [0.29, 0.717) is 0 Å². The molecule has 0 aliphatic carbocycles. The van der Waals surface area contributed by atoms with E-state index in [1.165, 1.54) is 16.7 Å². The van der Waals surface area contributed by atoms with Crippen molar-refractivity contribution in [3.05, 3.63) is 34.9 Å². The summed E-state index contributed by atoms with van der Waals surface area (Å²) in [5, 5.41) is 3.47. The van der Waals surface area contributed by atoms with Gasteiger partial charge in [-0.25, -0.2) is 0 Å². The highest BCUT2D eigenvalue weighted by Crippen LogP contribution is 2.26. The summed E-state index contributed by atoms with van der Waals surface area (Å²) >= 11 is 0. The van der Waals surface area contributed by atoms with E-state index < -0.39 is 0 Å². The van der Waals surface area contributed by atoms with Gasteiger partial charge in [-0.15, -0.1) is 0 Å². The number of hydrogen-bond acceptors (Lipinski definition) is 2. The van der Waals surface area contributed by atoms with Gasteiger partial charge in [0.15, 0.2) is 0 Å². The van der Waals surface area contributed by atoms with E-state index in [4.69, 9.17) is 4.74 Å². The molecule has 0 radical (unpaired) electrons. The first-order valence-corrected chi connectivity index (χ1v) is 6.44. The molecule has 1 saturated heterocycles. The summed E-state index contributed by atoms with van der Waals surface area (Å²) in [6.45, 7) is 10.4. The molecule has 0 bridgehead atoms. The minimum Gasteiger partial charge on any atom is -0.380 e. The van der Waals surface area contributed by atoms with Crippen molar-refractivity contribution in [2.75, 3.05) is 26.3 Å². The first kappa shape index (κ1) is 12.6. The number of aryl methyl sites for hydroxylation is 2. The fourth-order valence-electron chi connectivity index (χ4n) is 2.47. The van der Waals surface area contributed by atoms with Gasteiger partial charge in [0, 0.05) is 18.5 Å². The van der Waals surface area contributed by atoms with E-state index in [1.807, 2.05) is 0 Å². The smallest absolute Gasteiger partial charge is 0.0591 e. The molecule has 1 aliphatic heterocycles. The van der Waals surface area contributed by atoms with Crippen LogP contribution in [0.25, 0.3) is 0 Å². The fraction of sp³-hybridized carbons (Fsp3) is 0.600. The van der Waals surface area contributed by atoms with E-state index in [9.17, 15) is 0 Å². The van der Waals surface area contributed by atoms with Crippen molar-refractivity contribution in [2.24, 2.45) is 5.41 Å². The third-order valence-corrected chi connectivity index (χ3v) is 3.55. The molecule has 94 valence electrons. The summed E-state index contributed by atoms with van der Waals surface area (Å²) in [6, 6.07) is 6.72. The second kappa shape index (κ2) is 5.19. The number of ether oxygens (including phenoxy) is 1. The molecule has 1 fully saturated rings. The van der Waals surface area contributed by atoms with Crippen LogP contribution >= 0.6 is 0 Å². The Bertz CT molecular complexity index is 379. The third-order valence-electron chi connectivity index (χ3n) is 3.55. The quantitative estimate of drug-likeness (QED) is 0.847. The zero-order chi connectivity index (χ0) is 12.3. The van der Waals surface area contributed by atoms with Gasteiger partial charge in [-0.3, -0.25) is 0 Å². The molecule has 2 nitrogen and oxygen atoms in total. The Morgan fingerprint density at radius 3 is 3.00 bits per heavy atom. The Balaban J connectivity index is 2.15. The lowest BCUT2D eigenvalue weighted by Crippen LogP contribution is -2.34. The highest BCUT2D eigenvalue weighted by Gasteiger charge is 2.27. The average Bonchev–Trinajstić information content (AvgIpc) is 2.49. The van der Waals surface area contributed by atoms with Crippen molar-refractivity contribution in [1.29, 1.82) is 0 Å². The topological polar surface area (TPSA) is 21.3 Å². The number of rotatable bonds is 2. The lowest BCUT2D eigenvalue weighted by molar-refractivity contribution is 0.0795. The van der Waals surface area contributed by atoms with Crippen LogP contribution in [0.1, 0.15) is 23.6 Å². The Hall–Kier alpha value is -0.860. The van der Waals surface area contributed by atoms with Crippen LogP contribution < -0.4 is 5.32 Å². The van der Waals surface area contributed by atoms with Crippen molar-refractivity contribution in [3.8, 4) is 0 Å². The highest BCUT2D eigenvalue weighted by molar-refractivity contribution is 5.31. The van der Waals surface area contributed by atoms with Gasteiger partial charge in [-0.05, 0) is 31.4 Å². The molecule has 1 unspecified atom stereocenters. The second-order valence-electron chi connectivity index (χ2n) is 5.65. The lowest BCUT2D eigenvalue weighted by Gasteiger charge is -2.28. The molecule has 0 aromatic heterocycles. The lowest BCUT2D eigenvalue weighted by atomic mass is 9.82. The van der Waals surface area contributed by atoms with E-state index in [0.717, 1.165) is 32.7 Å². The summed E-state index contributed by atoms with van der Waals surface area (Å²) in [7, 11) is 0. The minimum atomic E-state index is 0.217. The molecule has 1 aliphatic rings. The molecule has 0 saturated carbocycles. The first-order chi connectivity index (χ1) is 8.09. The van der Waals surface area contributed by atoms with Crippen LogP contribution in [0.15, 0.2) is 18.2 Å².